The van der Waals surface area contributed by atoms with E-state index in [1.165, 1.54) is 17.5 Å². The van der Waals surface area contributed by atoms with Gasteiger partial charge in [0.2, 0.25) is 11.8 Å². The van der Waals surface area contributed by atoms with Gasteiger partial charge in [0.25, 0.3) is 0 Å². The summed E-state index contributed by atoms with van der Waals surface area (Å²) in [5.41, 5.74) is 2.93. The second kappa shape index (κ2) is 8.65. The predicted molar refractivity (Wildman–Crippen MR) is 106 cm³/mol. The second-order valence-corrected chi connectivity index (χ2v) is 7.34. The summed E-state index contributed by atoms with van der Waals surface area (Å²) in [5, 5.41) is 10.7. The first kappa shape index (κ1) is 19.5. The lowest BCUT2D eigenvalue weighted by Gasteiger charge is -2.35. The zero-order chi connectivity index (χ0) is 19.3. The van der Waals surface area contributed by atoms with Gasteiger partial charge in [0, 0.05) is 12.6 Å². The first-order valence-corrected chi connectivity index (χ1v) is 10.0. The van der Waals surface area contributed by atoms with Crippen molar-refractivity contribution in [3.05, 3.63) is 41.0 Å². The lowest BCUT2D eigenvalue weighted by molar-refractivity contribution is -0.115. The highest BCUT2D eigenvalue weighted by molar-refractivity contribution is 5.94. The molecule has 6 heteroatoms. The Morgan fingerprint density at radius 1 is 1.15 bits per heavy atom. The van der Waals surface area contributed by atoms with E-state index in [0.29, 0.717) is 11.7 Å². The highest BCUT2D eigenvalue weighted by Crippen LogP contribution is 2.35. The summed E-state index contributed by atoms with van der Waals surface area (Å²) >= 11 is 0. The number of hydrogen-bond acceptors (Lipinski definition) is 5. The fourth-order valence-corrected chi connectivity index (χ4v) is 3.96. The quantitative estimate of drug-likeness (QED) is 0.773. The third-order valence-corrected chi connectivity index (χ3v) is 5.51. The Bertz CT molecular complexity index is 756. The van der Waals surface area contributed by atoms with Crippen LogP contribution in [0, 0.1) is 6.92 Å². The van der Waals surface area contributed by atoms with Gasteiger partial charge in [0.15, 0.2) is 5.82 Å². The largest absolute Gasteiger partial charge is 0.340 e. The number of anilines is 1. The maximum Gasteiger partial charge on any atom is 0.238 e. The van der Waals surface area contributed by atoms with Crippen LogP contribution < -0.4 is 10.6 Å². The Hall–Kier alpha value is -2.21. The minimum absolute atomic E-state index is 0.0317. The van der Waals surface area contributed by atoms with Crippen LogP contribution in [0.2, 0.25) is 0 Å². The smallest absolute Gasteiger partial charge is 0.238 e. The fraction of sp³-hybridized carbons (Fsp3) is 0.571. The van der Waals surface area contributed by atoms with Gasteiger partial charge in [0.05, 0.1) is 12.1 Å². The molecule has 0 saturated heterocycles. The van der Waals surface area contributed by atoms with E-state index in [0.717, 1.165) is 44.2 Å². The van der Waals surface area contributed by atoms with Crippen molar-refractivity contribution in [3.8, 4) is 0 Å². The standard InChI is InChI=1S/C21H30N4O2/c1-4-16-10-9-11-17(5-2)19(16)24-18(26)14-22-21(12-7-6-8-13-21)20-23-15(3)27-25-20/h9-11,22H,4-8,12-14H2,1-3H3,(H,24,26). The van der Waals surface area contributed by atoms with Crippen molar-refractivity contribution >= 4 is 11.6 Å². The number of nitrogens with one attached hydrogen (secondary N) is 2. The summed E-state index contributed by atoms with van der Waals surface area (Å²) in [4.78, 5) is 17.2. The molecule has 0 unspecified atom stereocenters. The molecule has 1 amide bonds. The molecule has 6 nitrogen and oxygen atoms in total. The number of benzene rings is 1. The van der Waals surface area contributed by atoms with Gasteiger partial charge < -0.3 is 9.84 Å². The molecule has 1 aromatic carbocycles. The number of hydrogen-bond donors (Lipinski definition) is 2. The van der Waals surface area contributed by atoms with Crippen LogP contribution in [-0.2, 0) is 23.2 Å². The van der Waals surface area contributed by atoms with Crippen molar-refractivity contribution in [1.82, 2.24) is 15.5 Å². The van der Waals surface area contributed by atoms with Crippen molar-refractivity contribution in [2.75, 3.05) is 11.9 Å². The molecule has 0 aliphatic heterocycles. The van der Waals surface area contributed by atoms with Crippen LogP contribution in [0.1, 0.15) is 68.8 Å². The van der Waals surface area contributed by atoms with Crippen LogP contribution in [0.15, 0.2) is 22.7 Å². The number of aryl methyl sites for hydroxylation is 3. The number of rotatable bonds is 7. The molecule has 1 aliphatic carbocycles. The average Bonchev–Trinajstić information content (AvgIpc) is 3.14. The van der Waals surface area contributed by atoms with Crippen molar-refractivity contribution in [2.24, 2.45) is 0 Å². The molecule has 1 heterocycles. The first-order chi connectivity index (χ1) is 13.1. The van der Waals surface area contributed by atoms with E-state index in [-0.39, 0.29) is 18.0 Å². The molecule has 27 heavy (non-hydrogen) atoms. The molecular formula is C21H30N4O2. The molecule has 1 aromatic heterocycles. The van der Waals surface area contributed by atoms with Crippen molar-refractivity contribution < 1.29 is 9.32 Å². The number of nitrogens with zero attached hydrogens (tertiary/aromatic N) is 2. The van der Waals surface area contributed by atoms with Gasteiger partial charge >= 0.3 is 0 Å². The fourth-order valence-electron chi connectivity index (χ4n) is 3.96. The SMILES string of the molecule is CCc1cccc(CC)c1NC(=O)CNC1(c2noc(C)n2)CCCCC1. The number of para-hydroxylation sites is 1. The molecule has 3 rings (SSSR count). The number of carbonyl (C=O) groups is 1. The Morgan fingerprint density at radius 3 is 2.37 bits per heavy atom. The molecule has 146 valence electrons. The van der Waals surface area contributed by atoms with Crippen LogP contribution in [-0.4, -0.2) is 22.6 Å². The van der Waals surface area contributed by atoms with Crippen LogP contribution >= 0.6 is 0 Å². The van der Waals surface area contributed by atoms with Crippen molar-refractivity contribution in [1.29, 1.82) is 0 Å². The van der Waals surface area contributed by atoms with Crippen LogP contribution in [0.3, 0.4) is 0 Å². The summed E-state index contributed by atoms with van der Waals surface area (Å²) in [6, 6.07) is 6.21. The average molecular weight is 370 g/mol. The van der Waals surface area contributed by atoms with Crippen molar-refractivity contribution in [2.45, 2.75) is 71.3 Å². The van der Waals surface area contributed by atoms with E-state index >= 15 is 0 Å². The van der Waals surface area contributed by atoms with Gasteiger partial charge in [-0.25, -0.2) is 0 Å². The Morgan fingerprint density at radius 2 is 1.81 bits per heavy atom. The molecule has 1 aliphatic rings. The summed E-state index contributed by atoms with van der Waals surface area (Å²) in [6.07, 6.45) is 7.03. The molecule has 1 saturated carbocycles. The molecule has 2 N–H and O–H groups in total. The molecule has 1 fully saturated rings. The van der Waals surface area contributed by atoms with Gasteiger partial charge in [-0.1, -0.05) is 56.5 Å². The maximum absolute atomic E-state index is 12.7. The number of carbonyl (C=O) groups excluding carboxylic acids is 1. The summed E-state index contributed by atoms with van der Waals surface area (Å²) in [7, 11) is 0. The summed E-state index contributed by atoms with van der Waals surface area (Å²) in [5.74, 6) is 1.21. The monoisotopic (exact) mass is 370 g/mol. The van der Waals surface area contributed by atoms with Crippen molar-refractivity contribution in [3.63, 3.8) is 0 Å². The van der Waals surface area contributed by atoms with Gasteiger partial charge in [-0.15, -0.1) is 0 Å². The topological polar surface area (TPSA) is 80.0 Å². The minimum atomic E-state index is -0.370. The Kier molecular flexibility index (Phi) is 6.26. The zero-order valence-corrected chi connectivity index (χ0v) is 16.6. The summed E-state index contributed by atoms with van der Waals surface area (Å²) in [6.45, 7) is 6.25. The Labute approximate surface area is 161 Å². The number of amides is 1. The third-order valence-electron chi connectivity index (χ3n) is 5.51. The van der Waals surface area contributed by atoms with Gasteiger partial charge in [-0.3, -0.25) is 10.1 Å². The van der Waals surface area contributed by atoms with Crippen LogP contribution in [0.25, 0.3) is 0 Å². The summed E-state index contributed by atoms with van der Waals surface area (Å²) < 4.78 is 5.20. The second-order valence-electron chi connectivity index (χ2n) is 7.34. The number of aromatic nitrogens is 2. The molecule has 0 radical (unpaired) electrons. The van der Waals surface area contributed by atoms with Crippen LogP contribution in [0.4, 0.5) is 5.69 Å². The van der Waals surface area contributed by atoms with E-state index in [1.54, 1.807) is 6.92 Å². The minimum Gasteiger partial charge on any atom is -0.340 e. The van der Waals surface area contributed by atoms with Crippen LogP contribution in [0.5, 0.6) is 0 Å². The normalized spacial score (nSPS) is 16.3. The Balaban J connectivity index is 1.72. The lowest BCUT2D eigenvalue weighted by atomic mass is 9.81. The predicted octanol–water partition coefficient (Wildman–Crippen LogP) is 3.89. The zero-order valence-electron chi connectivity index (χ0n) is 16.6. The van der Waals surface area contributed by atoms with Gasteiger partial charge in [-0.05, 0) is 36.8 Å². The lowest BCUT2D eigenvalue weighted by Crippen LogP contribution is -2.48. The van der Waals surface area contributed by atoms with Gasteiger partial charge in [0.1, 0.15) is 0 Å². The molecule has 0 spiro atoms. The van der Waals surface area contributed by atoms with E-state index < -0.39 is 0 Å². The first-order valence-electron chi connectivity index (χ1n) is 10.0. The van der Waals surface area contributed by atoms with Gasteiger partial charge in [-0.2, -0.15) is 4.98 Å². The van der Waals surface area contributed by atoms with E-state index in [4.69, 9.17) is 4.52 Å². The highest BCUT2D eigenvalue weighted by atomic mass is 16.5. The molecule has 2 aromatic rings. The third kappa shape index (κ3) is 4.38. The highest BCUT2D eigenvalue weighted by Gasteiger charge is 2.38. The van der Waals surface area contributed by atoms with E-state index in [9.17, 15) is 4.79 Å². The molecule has 0 bridgehead atoms. The molecular weight excluding hydrogens is 340 g/mol. The van der Waals surface area contributed by atoms with E-state index in [2.05, 4.69) is 52.8 Å². The van der Waals surface area contributed by atoms with E-state index in [1.807, 2.05) is 0 Å². The maximum atomic E-state index is 12.7. The molecule has 0 atom stereocenters.